The Labute approximate surface area is 113 Å². The van der Waals surface area contributed by atoms with E-state index in [2.05, 4.69) is 5.32 Å². The first-order valence-electron chi connectivity index (χ1n) is 6.91. The molecule has 1 aromatic carbocycles. The van der Waals surface area contributed by atoms with E-state index in [4.69, 9.17) is 5.73 Å². The molecule has 1 fully saturated rings. The van der Waals surface area contributed by atoms with Crippen molar-refractivity contribution in [1.29, 1.82) is 0 Å². The summed E-state index contributed by atoms with van der Waals surface area (Å²) in [5, 5.41) is 2.84. The lowest BCUT2D eigenvalue weighted by Gasteiger charge is -2.11. The lowest BCUT2D eigenvalue weighted by Crippen LogP contribution is -2.26. The average molecular weight is 264 g/mol. The molecule has 0 atom stereocenters. The normalized spacial score (nSPS) is 15.7. The van der Waals surface area contributed by atoms with Crippen molar-refractivity contribution < 1.29 is 9.18 Å². The molecule has 1 aromatic rings. The smallest absolute Gasteiger partial charge is 0.251 e. The van der Waals surface area contributed by atoms with E-state index in [0.29, 0.717) is 23.4 Å². The van der Waals surface area contributed by atoms with E-state index in [0.717, 1.165) is 12.3 Å². The van der Waals surface area contributed by atoms with Crippen molar-refractivity contribution in [2.24, 2.45) is 5.92 Å². The van der Waals surface area contributed by atoms with Gasteiger partial charge in [0, 0.05) is 23.4 Å². The Morgan fingerprint density at radius 2 is 2.11 bits per heavy atom. The van der Waals surface area contributed by atoms with Crippen LogP contribution in [-0.4, -0.2) is 12.5 Å². The van der Waals surface area contributed by atoms with Gasteiger partial charge in [0.05, 0.1) is 0 Å². The zero-order valence-electron chi connectivity index (χ0n) is 11.3. The van der Waals surface area contributed by atoms with Crippen LogP contribution in [0.25, 0.3) is 0 Å². The third-order valence-electron chi connectivity index (χ3n) is 3.96. The predicted molar refractivity (Wildman–Crippen MR) is 74.5 cm³/mol. The van der Waals surface area contributed by atoms with E-state index in [1.54, 1.807) is 6.92 Å². The summed E-state index contributed by atoms with van der Waals surface area (Å²) in [6.45, 7) is 2.26. The van der Waals surface area contributed by atoms with Gasteiger partial charge in [0.25, 0.3) is 5.91 Å². The Kier molecular flexibility index (Phi) is 4.40. The summed E-state index contributed by atoms with van der Waals surface area (Å²) in [7, 11) is 0. The zero-order valence-corrected chi connectivity index (χ0v) is 11.3. The molecule has 1 saturated carbocycles. The number of hydrogen-bond acceptors (Lipinski definition) is 2. The van der Waals surface area contributed by atoms with Gasteiger partial charge in [-0.3, -0.25) is 4.79 Å². The molecule has 1 aliphatic carbocycles. The molecule has 19 heavy (non-hydrogen) atoms. The van der Waals surface area contributed by atoms with Crippen molar-refractivity contribution in [3.63, 3.8) is 0 Å². The zero-order chi connectivity index (χ0) is 13.8. The first-order chi connectivity index (χ1) is 9.08. The summed E-state index contributed by atoms with van der Waals surface area (Å²) in [5.41, 5.74) is 6.68. The van der Waals surface area contributed by atoms with Gasteiger partial charge in [-0.1, -0.05) is 25.7 Å². The molecule has 104 valence electrons. The van der Waals surface area contributed by atoms with E-state index >= 15 is 0 Å². The van der Waals surface area contributed by atoms with Crippen molar-refractivity contribution in [3.8, 4) is 0 Å². The number of nitrogens with one attached hydrogen (secondary N) is 1. The van der Waals surface area contributed by atoms with Gasteiger partial charge in [0.2, 0.25) is 0 Å². The van der Waals surface area contributed by atoms with Crippen molar-refractivity contribution in [3.05, 3.63) is 29.1 Å². The highest BCUT2D eigenvalue weighted by atomic mass is 19.1. The van der Waals surface area contributed by atoms with Gasteiger partial charge < -0.3 is 11.1 Å². The van der Waals surface area contributed by atoms with Crippen molar-refractivity contribution in [2.75, 3.05) is 12.3 Å². The van der Waals surface area contributed by atoms with Crippen LogP contribution in [0.5, 0.6) is 0 Å². The highest BCUT2D eigenvalue weighted by Gasteiger charge is 2.15. The number of carbonyl (C=O) groups is 1. The van der Waals surface area contributed by atoms with Crippen LogP contribution >= 0.6 is 0 Å². The molecule has 0 spiro atoms. The van der Waals surface area contributed by atoms with Crippen LogP contribution in [0.4, 0.5) is 10.1 Å². The summed E-state index contributed by atoms with van der Waals surface area (Å²) >= 11 is 0. The van der Waals surface area contributed by atoms with Crippen LogP contribution in [0.3, 0.4) is 0 Å². The van der Waals surface area contributed by atoms with Gasteiger partial charge in [0.15, 0.2) is 0 Å². The number of hydrogen-bond donors (Lipinski definition) is 2. The van der Waals surface area contributed by atoms with E-state index in [1.165, 1.54) is 37.8 Å². The standard InChI is InChI=1S/C15H21FN2O/c1-10-13(16)8-12(9-14(10)17)15(19)18-7-6-11-4-2-3-5-11/h8-9,11H,2-7,17H2,1H3,(H,18,19). The fourth-order valence-electron chi connectivity index (χ4n) is 2.62. The average Bonchev–Trinajstić information content (AvgIpc) is 2.88. The number of benzene rings is 1. The van der Waals surface area contributed by atoms with E-state index in [-0.39, 0.29) is 5.91 Å². The minimum Gasteiger partial charge on any atom is -0.398 e. The quantitative estimate of drug-likeness (QED) is 0.821. The van der Waals surface area contributed by atoms with Crippen molar-refractivity contribution >= 4 is 11.6 Å². The van der Waals surface area contributed by atoms with Crippen LogP contribution in [0.2, 0.25) is 0 Å². The van der Waals surface area contributed by atoms with Gasteiger partial charge >= 0.3 is 0 Å². The molecule has 0 radical (unpaired) electrons. The minimum atomic E-state index is -0.430. The van der Waals surface area contributed by atoms with Crippen molar-refractivity contribution in [2.45, 2.75) is 39.0 Å². The lowest BCUT2D eigenvalue weighted by molar-refractivity contribution is 0.0951. The molecule has 0 aromatic heterocycles. The molecule has 0 saturated heterocycles. The molecule has 3 N–H and O–H groups in total. The van der Waals surface area contributed by atoms with Crippen LogP contribution < -0.4 is 11.1 Å². The largest absolute Gasteiger partial charge is 0.398 e. The second-order valence-electron chi connectivity index (χ2n) is 5.37. The SMILES string of the molecule is Cc1c(N)cc(C(=O)NCCC2CCCC2)cc1F. The first kappa shape index (κ1) is 13.8. The Bertz CT molecular complexity index is 444. The molecule has 1 amide bonds. The highest BCUT2D eigenvalue weighted by molar-refractivity contribution is 5.95. The maximum atomic E-state index is 13.5. The summed E-state index contributed by atoms with van der Waals surface area (Å²) in [6, 6.07) is 2.78. The van der Waals surface area contributed by atoms with Gasteiger partial charge in [-0.2, -0.15) is 0 Å². The van der Waals surface area contributed by atoms with Crippen LogP contribution in [0.15, 0.2) is 12.1 Å². The second kappa shape index (κ2) is 6.04. The fraction of sp³-hybridized carbons (Fsp3) is 0.533. The number of carbonyl (C=O) groups excluding carboxylic acids is 1. The Balaban J connectivity index is 1.88. The molecule has 4 heteroatoms. The number of rotatable bonds is 4. The maximum absolute atomic E-state index is 13.5. The van der Waals surface area contributed by atoms with Gasteiger partial charge in [-0.05, 0) is 31.4 Å². The van der Waals surface area contributed by atoms with Gasteiger partial charge in [0.1, 0.15) is 5.82 Å². The van der Waals surface area contributed by atoms with E-state index in [9.17, 15) is 9.18 Å². The predicted octanol–water partition coefficient (Wildman–Crippen LogP) is 3.03. The first-order valence-corrected chi connectivity index (χ1v) is 6.91. The summed E-state index contributed by atoms with van der Waals surface area (Å²) in [6.07, 6.45) is 6.15. The van der Waals surface area contributed by atoms with Crippen LogP contribution in [0, 0.1) is 18.7 Å². The number of nitrogen functional groups attached to an aromatic ring is 1. The number of nitrogens with two attached hydrogens (primary N) is 1. The van der Waals surface area contributed by atoms with E-state index < -0.39 is 5.82 Å². The molecule has 0 heterocycles. The Morgan fingerprint density at radius 3 is 2.74 bits per heavy atom. The fourth-order valence-corrected chi connectivity index (χ4v) is 2.62. The summed E-state index contributed by atoms with van der Waals surface area (Å²) in [4.78, 5) is 11.9. The molecule has 0 aliphatic heterocycles. The Hall–Kier alpha value is -1.58. The minimum absolute atomic E-state index is 0.247. The molecular formula is C15H21FN2O. The third kappa shape index (κ3) is 3.46. The number of amides is 1. The Morgan fingerprint density at radius 1 is 1.42 bits per heavy atom. The number of halogens is 1. The van der Waals surface area contributed by atoms with Gasteiger partial charge in [-0.15, -0.1) is 0 Å². The van der Waals surface area contributed by atoms with E-state index in [1.807, 2.05) is 0 Å². The van der Waals surface area contributed by atoms with Crippen LogP contribution in [-0.2, 0) is 0 Å². The third-order valence-corrected chi connectivity index (χ3v) is 3.96. The topological polar surface area (TPSA) is 55.1 Å². The molecule has 0 unspecified atom stereocenters. The summed E-state index contributed by atoms with van der Waals surface area (Å²) < 4.78 is 13.5. The maximum Gasteiger partial charge on any atom is 0.251 e. The van der Waals surface area contributed by atoms with Crippen LogP contribution in [0.1, 0.15) is 48.0 Å². The molecule has 0 bridgehead atoms. The second-order valence-corrected chi connectivity index (χ2v) is 5.37. The molecule has 2 rings (SSSR count). The van der Waals surface area contributed by atoms with Gasteiger partial charge in [-0.25, -0.2) is 4.39 Å². The monoisotopic (exact) mass is 264 g/mol. The molecule has 3 nitrogen and oxygen atoms in total. The molecular weight excluding hydrogens is 243 g/mol. The number of anilines is 1. The summed E-state index contributed by atoms with van der Waals surface area (Å²) in [5.74, 6) is 0.0599. The highest BCUT2D eigenvalue weighted by Crippen LogP contribution is 2.27. The molecule has 1 aliphatic rings. The lowest BCUT2D eigenvalue weighted by atomic mass is 10.0. The van der Waals surface area contributed by atoms with Crippen molar-refractivity contribution in [1.82, 2.24) is 5.32 Å².